The number of halogens is 1. The molecular formula is C15H19FN2. The van der Waals surface area contributed by atoms with E-state index < -0.39 is 5.82 Å². The number of fused-ring (bicyclic) bond motifs is 1. The molecule has 1 aliphatic heterocycles. The van der Waals surface area contributed by atoms with Gasteiger partial charge in [-0.05, 0) is 50.8 Å². The standard InChI is InChI=1S/C15H19FN2/c1-5-18-14-7-13(16)11(9-17)6-12(14)10(2)8-15(18,3)4/h6-7,10H,5,8H2,1-4H3. The van der Waals surface area contributed by atoms with Crippen molar-refractivity contribution < 1.29 is 4.39 Å². The van der Waals surface area contributed by atoms with Crippen LogP contribution in [0.3, 0.4) is 0 Å². The number of hydrogen-bond acceptors (Lipinski definition) is 2. The summed E-state index contributed by atoms with van der Waals surface area (Å²) in [5.74, 6) is -0.0647. The minimum absolute atomic E-state index is 0.0295. The average Bonchev–Trinajstić information content (AvgIpc) is 2.27. The van der Waals surface area contributed by atoms with Crippen molar-refractivity contribution in [1.29, 1.82) is 5.26 Å². The third-order valence-electron chi connectivity index (χ3n) is 3.91. The van der Waals surface area contributed by atoms with Gasteiger partial charge in [0, 0.05) is 17.8 Å². The molecule has 0 aliphatic carbocycles. The second-order valence-electron chi connectivity index (χ2n) is 5.66. The van der Waals surface area contributed by atoms with Crippen LogP contribution in [0.4, 0.5) is 10.1 Å². The van der Waals surface area contributed by atoms with Crippen LogP contribution in [0, 0.1) is 17.1 Å². The Kier molecular flexibility index (Phi) is 3.06. The molecule has 0 fully saturated rings. The highest BCUT2D eigenvalue weighted by atomic mass is 19.1. The Hall–Kier alpha value is -1.56. The highest BCUT2D eigenvalue weighted by Gasteiger charge is 2.36. The van der Waals surface area contributed by atoms with Gasteiger partial charge >= 0.3 is 0 Å². The van der Waals surface area contributed by atoms with E-state index >= 15 is 0 Å². The van der Waals surface area contributed by atoms with E-state index in [2.05, 4.69) is 32.6 Å². The van der Waals surface area contributed by atoms with Crippen molar-refractivity contribution in [3.8, 4) is 6.07 Å². The zero-order chi connectivity index (χ0) is 13.5. The van der Waals surface area contributed by atoms with E-state index in [4.69, 9.17) is 5.26 Å². The van der Waals surface area contributed by atoms with E-state index in [1.54, 1.807) is 6.07 Å². The summed E-state index contributed by atoms with van der Waals surface area (Å²) in [7, 11) is 0. The normalized spacial score (nSPS) is 21.3. The molecule has 0 saturated heterocycles. The van der Waals surface area contributed by atoms with Crippen LogP contribution in [0.15, 0.2) is 12.1 Å². The Balaban J connectivity index is 2.63. The van der Waals surface area contributed by atoms with Gasteiger partial charge in [-0.3, -0.25) is 0 Å². The zero-order valence-corrected chi connectivity index (χ0v) is 11.4. The van der Waals surface area contributed by atoms with E-state index in [1.807, 2.05) is 6.07 Å². The number of rotatable bonds is 1. The van der Waals surface area contributed by atoms with Gasteiger partial charge in [0.2, 0.25) is 0 Å². The summed E-state index contributed by atoms with van der Waals surface area (Å²) in [5.41, 5.74) is 2.21. The van der Waals surface area contributed by atoms with Gasteiger partial charge in [0.15, 0.2) is 0 Å². The lowest BCUT2D eigenvalue weighted by molar-refractivity contribution is 0.380. The molecule has 1 aromatic rings. The van der Waals surface area contributed by atoms with Crippen LogP contribution in [0.2, 0.25) is 0 Å². The summed E-state index contributed by atoms with van der Waals surface area (Å²) in [4.78, 5) is 2.23. The van der Waals surface area contributed by atoms with Crippen molar-refractivity contribution in [2.45, 2.75) is 45.6 Å². The Bertz CT molecular complexity index is 514. The van der Waals surface area contributed by atoms with Gasteiger partial charge in [0.1, 0.15) is 11.9 Å². The molecule has 1 unspecified atom stereocenters. The molecule has 0 amide bonds. The van der Waals surface area contributed by atoms with Crippen LogP contribution in [0.5, 0.6) is 0 Å². The van der Waals surface area contributed by atoms with Crippen LogP contribution in [-0.4, -0.2) is 12.1 Å². The lowest BCUT2D eigenvalue weighted by Crippen LogP contribution is -2.48. The topological polar surface area (TPSA) is 27.0 Å². The largest absolute Gasteiger partial charge is 0.366 e. The Morgan fingerprint density at radius 3 is 2.72 bits per heavy atom. The van der Waals surface area contributed by atoms with Crippen molar-refractivity contribution in [3.63, 3.8) is 0 Å². The van der Waals surface area contributed by atoms with Crippen molar-refractivity contribution in [2.24, 2.45) is 0 Å². The van der Waals surface area contributed by atoms with E-state index in [1.165, 1.54) is 6.07 Å². The van der Waals surface area contributed by atoms with Crippen LogP contribution >= 0.6 is 0 Å². The number of nitriles is 1. The van der Waals surface area contributed by atoms with Gasteiger partial charge in [-0.2, -0.15) is 5.26 Å². The molecular weight excluding hydrogens is 227 g/mol. The molecule has 2 rings (SSSR count). The van der Waals surface area contributed by atoms with Gasteiger partial charge in [-0.25, -0.2) is 4.39 Å². The minimum Gasteiger partial charge on any atom is -0.366 e. The summed E-state index contributed by atoms with van der Waals surface area (Å²) in [5, 5.41) is 8.93. The number of hydrogen-bond donors (Lipinski definition) is 0. The number of nitrogens with zero attached hydrogens (tertiary/aromatic N) is 2. The average molecular weight is 246 g/mol. The maximum Gasteiger partial charge on any atom is 0.143 e. The van der Waals surface area contributed by atoms with Crippen LogP contribution < -0.4 is 4.90 Å². The van der Waals surface area contributed by atoms with Gasteiger partial charge in [0.05, 0.1) is 5.56 Å². The number of benzene rings is 1. The number of anilines is 1. The van der Waals surface area contributed by atoms with Gasteiger partial charge in [-0.15, -0.1) is 0 Å². The fourth-order valence-corrected chi connectivity index (χ4v) is 3.19. The monoisotopic (exact) mass is 246 g/mol. The van der Waals surface area contributed by atoms with Gasteiger partial charge in [0.25, 0.3) is 0 Å². The summed E-state index contributed by atoms with van der Waals surface area (Å²) in [6, 6.07) is 5.16. The Morgan fingerprint density at radius 1 is 1.50 bits per heavy atom. The van der Waals surface area contributed by atoms with Crippen LogP contribution in [0.1, 0.15) is 51.2 Å². The van der Waals surface area contributed by atoms with Gasteiger partial charge < -0.3 is 4.90 Å². The van der Waals surface area contributed by atoms with E-state index in [0.717, 1.165) is 24.2 Å². The first-order chi connectivity index (χ1) is 8.40. The molecule has 0 radical (unpaired) electrons. The third-order valence-corrected chi connectivity index (χ3v) is 3.91. The summed E-state index contributed by atoms with van der Waals surface area (Å²) >= 11 is 0. The van der Waals surface area contributed by atoms with Crippen LogP contribution in [0.25, 0.3) is 0 Å². The lowest BCUT2D eigenvalue weighted by Gasteiger charge is -2.47. The van der Waals surface area contributed by atoms with Crippen molar-refractivity contribution in [2.75, 3.05) is 11.4 Å². The van der Waals surface area contributed by atoms with E-state index in [0.29, 0.717) is 5.92 Å². The van der Waals surface area contributed by atoms with Gasteiger partial charge in [-0.1, -0.05) is 6.92 Å². The molecule has 0 N–H and O–H groups in total. The third kappa shape index (κ3) is 1.86. The second kappa shape index (κ2) is 4.28. The maximum absolute atomic E-state index is 13.8. The molecule has 18 heavy (non-hydrogen) atoms. The molecule has 96 valence electrons. The smallest absolute Gasteiger partial charge is 0.143 e. The molecule has 1 aromatic carbocycles. The molecule has 1 heterocycles. The molecule has 0 aromatic heterocycles. The van der Waals surface area contributed by atoms with Crippen molar-refractivity contribution in [3.05, 3.63) is 29.1 Å². The molecule has 1 aliphatic rings. The van der Waals surface area contributed by atoms with E-state index in [9.17, 15) is 4.39 Å². The first-order valence-corrected chi connectivity index (χ1v) is 6.42. The van der Waals surface area contributed by atoms with E-state index in [-0.39, 0.29) is 11.1 Å². The Labute approximate surface area is 108 Å². The second-order valence-corrected chi connectivity index (χ2v) is 5.66. The predicted molar refractivity (Wildman–Crippen MR) is 71.2 cm³/mol. The molecule has 2 nitrogen and oxygen atoms in total. The summed E-state index contributed by atoms with van der Waals surface area (Å²) in [6.45, 7) is 9.44. The molecule has 0 bridgehead atoms. The summed E-state index contributed by atoms with van der Waals surface area (Å²) < 4.78 is 13.8. The minimum atomic E-state index is -0.417. The zero-order valence-electron chi connectivity index (χ0n) is 11.4. The highest BCUT2D eigenvalue weighted by molar-refractivity contribution is 5.62. The first-order valence-electron chi connectivity index (χ1n) is 6.42. The fraction of sp³-hybridized carbons (Fsp3) is 0.533. The summed E-state index contributed by atoms with van der Waals surface area (Å²) in [6.07, 6.45) is 1.02. The quantitative estimate of drug-likeness (QED) is 0.753. The molecule has 0 saturated carbocycles. The Morgan fingerprint density at radius 2 is 2.17 bits per heavy atom. The van der Waals surface area contributed by atoms with Crippen molar-refractivity contribution >= 4 is 5.69 Å². The predicted octanol–water partition coefficient (Wildman–Crippen LogP) is 3.81. The maximum atomic E-state index is 13.8. The molecule has 0 spiro atoms. The first kappa shape index (κ1) is 12.9. The molecule has 1 atom stereocenters. The highest BCUT2D eigenvalue weighted by Crippen LogP contribution is 2.43. The van der Waals surface area contributed by atoms with Crippen molar-refractivity contribution in [1.82, 2.24) is 0 Å². The fourth-order valence-electron chi connectivity index (χ4n) is 3.19. The lowest BCUT2D eigenvalue weighted by atomic mass is 9.79. The SMILES string of the molecule is CCN1c2cc(F)c(C#N)cc2C(C)CC1(C)C. The molecule has 3 heteroatoms. The van der Waals surface area contributed by atoms with Crippen LogP contribution in [-0.2, 0) is 0 Å².